The number of fused-ring (bicyclic) bond motifs is 9. The monoisotopic (exact) mass is 846 g/mol. The maximum atomic E-state index is 5.49. The molecular weight excluding hydrogens is 805 g/mol. The Kier molecular flexibility index (Phi) is 8.38. The molecule has 0 radical (unpaired) electrons. The molecule has 0 spiro atoms. The molecule has 0 bridgehead atoms. The van der Waals surface area contributed by atoms with Gasteiger partial charge in [0.25, 0.3) is 0 Å². The molecule has 2 aliphatic carbocycles. The summed E-state index contributed by atoms with van der Waals surface area (Å²) in [6.45, 7) is 4.65. The fourth-order valence-electron chi connectivity index (χ4n) is 11.1. The maximum absolute atomic E-state index is 5.49. The summed E-state index contributed by atoms with van der Waals surface area (Å²) in [6.07, 6.45) is 0. The van der Waals surface area contributed by atoms with E-state index in [1.165, 1.54) is 86.9 Å². The highest BCUT2D eigenvalue weighted by molar-refractivity contribution is 7.25. The topological polar surface area (TPSA) is 25.8 Å². The first-order valence-corrected chi connectivity index (χ1v) is 23.3. The Bertz CT molecular complexity index is 3640. The second-order valence-corrected chi connectivity index (χ2v) is 19.2. The highest BCUT2D eigenvalue weighted by Crippen LogP contribution is 2.57. The standard InChI is InChI=1S/C62H42N2S/c1-61(2)52-22-12-9-20-47(52)51-35-43(31-34-53(51)61)60-63-56(40-27-25-39(26-28-40)41-29-33-50-49-21-11-14-24-58(49)65-59(50)37-41)38-57(64-60)42-30-32-48-46-19-10-13-23-54(46)62(55(48)36-42,44-15-5-3-6-16-44)45-17-7-4-8-18-45/h3-38H,1-2H3. The Morgan fingerprint density at radius 2 is 0.877 bits per heavy atom. The lowest BCUT2D eigenvalue weighted by atomic mass is 9.67. The van der Waals surface area contributed by atoms with Gasteiger partial charge in [0, 0.05) is 42.3 Å². The number of rotatable bonds is 6. The van der Waals surface area contributed by atoms with Crippen molar-refractivity contribution in [1.29, 1.82) is 0 Å². The Hall–Kier alpha value is -7.72. The van der Waals surface area contributed by atoms with Gasteiger partial charge in [0.2, 0.25) is 0 Å². The number of aromatic nitrogens is 2. The highest BCUT2D eigenvalue weighted by Gasteiger charge is 2.46. The lowest BCUT2D eigenvalue weighted by Gasteiger charge is -2.34. The molecule has 0 amide bonds. The largest absolute Gasteiger partial charge is 0.228 e. The van der Waals surface area contributed by atoms with E-state index in [0.29, 0.717) is 5.82 Å². The van der Waals surface area contributed by atoms with Crippen molar-refractivity contribution >= 4 is 31.5 Å². The average molecular weight is 847 g/mol. The number of hydrogen-bond donors (Lipinski definition) is 0. The van der Waals surface area contributed by atoms with Crippen LogP contribution in [0.25, 0.3) is 87.5 Å². The van der Waals surface area contributed by atoms with Crippen LogP contribution in [0.5, 0.6) is 0 Å². The van der Waals surface area contributed by atoms with Crippen LogP contribution in [0.15, 0.2) is 218 Å². The van der Waals surface area contributed by atoms with Crippen LogP contribution in [0.3, 0.4) is 0 Å². The molecule has 9 aromatic carbocycles. The molecule has 2 heterocycles. The second kappa shape index (κ2) is 14.4. The normalized spacial score (nSPS) is 13.9. The van der Waals surface area contributed by atoms with Crippen molar-refractivity contribution < 1.29 is 0 Å². The van der Waals surface area contributed by atoms with Crippen LogP contribution in [0, 0.1) is 0 Å². The van der Waals surface area contributed by atoms with Gasteiger partial charge in [-0.25, -0.2) is 9.97 Å². The first-order valence-electron chi connectivity index (χ1n) is 22.5. The molecule has 2 nitrogen and oxygen atoms in total. The summed E-state index contributed by atoms with van der Waals surface area (Å²) in [5, 5.41) is 2.63. The van der Waals surface area contributed by atoms with Crippen LogP contribution in [0.4, 0.5) is 0 Å². The molecule has 3 heteroatoms. The lowest BCUT2D eigenvalue weighted by Crippen LogP contribution is -2.28. The molecule has 65 heavy (non-hydrogen) atoms. The molecule has 13 rings (SSSR count). The van der Waals surface area contributed by atoms with Gasteiger partial charge in [-0.1, -0.05) is 202 Å². The third-order valence-corrected chi connectivity index (χ3v) is 15.3. The number of hydrogen-bond acceptors (Lipinski definition) is 3. The van der Waals surface area contributed by atoms with Crippen LogP contribution in [-0.4, -0.2) is 9.97 Å². The van der Waals surface area contributed by atoms with Crippen LogP contribution in [-0.2, 0) is 10.8 Å². The van der Waals surface area contributed by atoms with E-state index in [0.717, 1.165) is 28.1 Å². The minimum Gasteiger partial charge on any atom is -0.228 e. The van der Waals surface area contributed by atoms with Crippen molar-refractivity contribution in [3.05, 3.63) is 252 Å². The Morgan fingerprint density at radius 1 is 0.338 bits per heavy atom. The van der Waals surface area contributed by atoms with Crippen molar-refractivity contribution in [2.45, 2.75) is 24.7 Å². The number of nitrogens with zero attached hydrogens (tertiary/aromatic N) is 2. The van der Waals surface area contributed by atoms with E-state index in [1.54, 1.807) is 0 Å². The predicted octanol–water partition coefficient (Wildman–Crippen LogP) is 16.2. The summed E-state index contributed by atoms with van der Waals surface area (Å²) in [4.78, 5) is 10.9. The van der Waals surface area contributed by atoms with Gasteiger partial charge in [0.05, 0.1) is 16.8 Å². The van der Waals surface area contributed by atoms with E-state index in [9.17, 15) is 0 Å². The maximum Gasteiger partial charge on any atom is 0.160 e. The number of benzene rings is 9. The average Bonchev–Trinajstić information content (AvgIpc) is 3.97. The van der Waals surface area contributed by atoms with Crippen molar-refractivity contribution in [3.8, 4) is 67.3 Å². The minimum absolute atomic E-state index is 0.0897. The Balaban J connectivity index is 0.987. The summed E-state index contributed by atoms with van der Waals surface area (Å²) >= 11 is 1.86. The van der Waals surface area contributed by atoms with Crippen molar-refractivity contribution in [3.63, 3.8) is 0 Å². The van der Waals surface area contributed by atoms with Gasteiger partial charge in [-0.15, -0.1) is 11.3 Å². The molecule has 0 fully saturated rings. The minimum atomic E-state index is -0.516. The van der Waals surface area contributed by atoms with E-state index in [-0.39, 0.29) is 5.41 Å². The molecule has 0 aliphatic heterocycles. The molecule has 0 unspecified atom stereocenters. The van der Waals surface area contributed by atoms with E-state index in [1.807, 2.05) is 11.3 Å². The van der Waals surface area contributed by atoms with Gasteiger partial charge in [-0.05, 0) is 97.1 Å². The van der Waals surface area contributed by atoms with Crippen LogP contribution in [0.1, 0.15) is 47.2 Å². The molecule has 0 saturated carbocycles. The van der Waals surface area contributed by atoms with E-state index >= 15 is 0 Å². The molecule has 0 saturated heterocycles. The summed E-state index contributed by atoms with van der Waals surface area (Å²) in [5.41, 5.74) is 19.4. The van der Waals surface area contributed by atoms with Gasteiger partial charge in [-0.3, -0.25) is 0 Å². The third kappa shape index (κ3) is 5.72. The van der Waals surface area contributed by atoms with Gasteiger partial charge in [-0.2, -0.15) is 0 Å². The molecule has 0 N–H and O–H groups in total. The van der Waals surface area contributed by atoms with Crippen molar-refractivity contribution in [2.24, 2.45) is 0 Å². The van der Waals surface area contributed by atoms with Gasteiger partial charge >= 0.3 is 0 Å². The fraction of sp³-hybridized carbons (Fsp3) is 0.0645. The quantitative estimate of drug-likeness (QED) is 0.167. The zero-order valence-corrected chi connectivity index (χ0v) is 36.9. The summed E-state index contributed by atoms with van der Waals surface area (Å²) < 4.78 is 2.62. The smallest absolute Gasteiger partial charge is 0.160 e. The van der Waals surface area contributed by atoms with Crippen LogP contribution >= 0.6 is 11.3 Å². The Labute approximate surface area is 383 Å². The SMILES string of the molecule is CC1(C)c2ccccc2-c2cc(-c3nc(-c4ccc(-c5ccc6c(c5)sc5ccccc56)cc4)cc(-c4ccc5c(c4)C(c4ccccc4)(c4ccccc4)c4ccccc4-5)n3)ccc21. The fourth-order valence-corrected chi connectivity index (χ4v) is 12.2. The first kappa shape index (κ1) is 37.8. The third-order valence-electron chi connectivity index (χ3n) is 14.2. The number of thiophene rings is 1. The molecule has 2 aliphatic rings. The zero-order valence-electron chi connectivity index (χ0n) is 36.1. The Morgan fingerprint density at radius 3 is 1.63 bits per heavy atom. The zero-order chi connectivity index (χ0) is 43.3. The molecule has 2 aromatic heterocycles. The van der Waals surface area contributed by atoms with Crippen molar-refractivity contribution in [2.75, 3.05) is 0 Å². The highest BCUT2D eigenvalue weighted by atomic mass is 32.1. The summed E-state index contributed by atoms with van der Waals surface area (Å²) in [7, 11) is 0. The first-order chi connectivity index (χ1) is 31.9. The van der Waals surface area contributed by atoms with E-state index in [4.69, 9.17) is 9.97 Å². The second-order valence-electron chi connectivity index (χ2n) is 18.1. The van der Waals surface area contributed by atoms with Gasteiger partial charge in [0.15, 0.2) is 5.82 Å². The molecule has 11 aromatic rings. The summed E-state index contributed by atoms with van der Waals surface area (Å²) in [5.74, 6) is 0.711. The van der Waals surface area contributed by atoms with Crippen molar-refractivity contribution in [1.82, 2.24) is 9.97 Å². The summed E-state index contributed by atoms with van der Waals surface area (Å²) in [6, 6.07) is 80.2. The molecule has 0 atom stereocenters. The van der Waals surface area contributed by atoms with E-state index < -0.39 is 5.41 Å². The van der Waals surface area contributed by atoms with Gasteiger partial charge < -0.3 is 0 Å². The molecular formula is C62H42N2S. The van der Waals surface area contributed by atoms with E-state index in [2.05, 4.69) is 232 Å². The van der Waals surface area contributed by atoms with Crippen LogP contribution in [0.2, 0.25) is 0 Å². The predicted molar refractivity (Wildman–Crippen MR) is 272 cm³/mol. The molecule has 306 valence electrons. The van der Waals surface area contributed by atoms with Crippen LogP contribution < -0.4 is 0 Å². The van der Waals surface area contributed by atoms with Gasteiger partial charge in [0.1, 0.15) is 0 Å². The lowest BCUT2D eigenvalue weighted by molar-refractivity contribution is 0.660.